The van der Waals surface area contributed by atoms with E-state index in [1.165, 1.54) is 6.33 Å². The molecule has 106 valence electrons. The van der Waals surface area contributed by atoms with Crippen molar-refractivity contribution in [3.8, 4) is 0 Å². The molecule has 0 aliphatic carbocycles. The van der Waals surface area contributed by atoms with E-state index in [-0.39, 0.29) is 0 Å². The first kappa shape index (κ1) is 13.3. The monoisotopic (exact) mass is 292 g/mol. The molecule has 20 heavy (non-hydrogen) atoms. The number of primary sulfonamides is 1. The lowest BCUT2D eigenvalue weighted by molar-refractivity contribution is 0.585. The number of aryl methyl sites for hydroxylation is 1. The van der Waals surface area contributed by atoms with Crippen LogP contribution < -0.4 is 10.0 Å². The minimum Gasteiger partial charge on any atom is -0.355 e. The molecule has 1 aromatic carbocycles. The molecule has 0 spiro atoms. The fraction of sp³-hybridized carbons (Fsp3) is 0.385. The van der Waals surface area contributed by atoms with Crippen LogP contribution in [-0.4, -0.2) is 36.7 Å². The Morgan fingerprint density at radius 1 is 1.35 bits per heavy atom. The summed E-state index contributed by atoms with van der Waals surface area (Å²) < 4.78 is 22.9. The van der Waals surface area contributed by atoms with Gasteiger partial charge in [0.15, 0.2) is 0 Å². The molecule has 1 aliphatic rings. The number of sulfonamides is 1. The van der Waals surface area contributed by atoms with Gasteiger partial charge < -0.3 is 4.90 Å². The highest BCUT2D eigenvalue weighted by molar-refractivity contribution is 7.89. The van der Waals surface area contributed by atoms with Crippen molar-refractivity contribution in [1.29, 1.82) is 0 Å². The molecule has 2 heterocycles. The molecule has 1 atom stereocenters. The van der Waals surface area contributed by atoms with E-state index >= 15 is 0 Å². The maximum atomic E-state index is 11.5. The molecule has 1 aliphatic heterocycles. The number of fused-ring (bicyclic) bond motifs is 1. The lowest BCUT2D eigenvalue weighted by Gasteiger charge is -2.19. The van der Waals surface area contributed by atoms with Gasteiger partial charge in [-0.2, -0.15) is 0 Å². The van der Waals surface area contributed by atoms with Gasteiger partial charge in [0.1, 0.15) is 12.1 Å². The van der Waals surface area contributed by atoms with E-state index in [0.717, 1.165) is 22.3 Å². The predicted octanol–water partition coefficient (Wildman–Crippen LogP) is 0.805. The SMILES string of the molecule is Cc1cccc2ncnc(N3CCC(S(N)(=O)=O)C3)c12. The maximum absolute atomic E-state index is 11.5. The number of hydrogen-bond acceptors (Lipinski definition) is 5. The average molecular weight is 292 g/mol. The Morgan fingerprint density at radius 2 is 2.15 bits per heavy atom. The van der Waals surface area contributed by atoms with Crippen LogP contribution in [0.3, 0.4) is 0 Å². The molecule has 0 saturated carbocycles. The van der Waals surface area contributed by atoms with Gasteiger partial charge in [0.2, 0.25) is 10.0 Å². The number of hydrogen-bond donors (Lipinski definition) is 1. The van der Waals surface area contributed by atoms with Crippen LogP contribution in [0, 0.1) is 6.92 Å². The molecule has 0 bridgehead atoms. The average Bonchev–Trinajstić information content (AvgIpc) is 2.88. The van der Waals surface area contributed by atoms with Crippen molar-refractivity contribution in [3.63, 3.8) is 0 Å². The van der Waals surface area contributed by atoms with Crippen molar-refractivity contribution in [2.75, 3.05) is 18.0 Å². The smallest absolute Gasteiger partial charge is 0.213 e. The third-order valence-corrected chi connectivity index (χ3v) is 5.07. The second kappa shape index (κ2) is 4.68. The summed E-state index contributed by atoms with van der Waals surface area (Å²) in [5.41, 5.74) is 1.95. The molecule has 3 rings (SSSR count). The molecule has 2 N–H and O–H groups in total. The van der Waals surface area contributed by atoms with Crippen LogP contribution in [0.5, 0.6) is 0 Å². The second-order valence-electron chi connectivity index (χ2n) is 5.11. The number of benzene rings is 1. The molecular formula is C13H16N4O2S. The maximum Gasteiger partial charge on any atom is 0.213 e. The summed E-state index contributed by atoms with van der Waals surface area (Å²) in [5, 5.41) is 5.70. The van der Waals surface area contributed by atoms with Gasteiger partial charge in [-0.1, -0.05) is 12.1 Å². The lowest BCUT2D eigenvalue weighted by Crippen LogP contribution is -2.32. The van der Waals surface area contributed by atoms with Crippen molar-refractivity contribution in [3.05, 3.63) is 30.1 Å². The van der Waals surface area contributed by atoms with E-state index < -0.39 is 15.3 Å². The van der Waals surface area contributed by atoms with Gasteiger partial charge in [-0.15, -0.1) is 0 Å². The Kier molecular flexibility index (Phi) is 3.10. The van der Waals surface area contributed by atoms with Gasteiger partial charge in [-0.25, -0.2) is 23.5 Å². The van der Waals surface area contributed by atoms with Gasteiger partial charge in [-0.05, 0) is 25.0 Å². The fourth-order valence-corrected chi connectivity index (χ4v) is 3.51. The molecule has 1 aromatic heterocycles. The van der Waals surface area contributed by atoms with E-state index in [9.17, 15) is 8.42 Å². The van der Waals surface area contributed by atoms with Crippen molar-refractivity contribution in [2.24, 2.45) is 5.14 Å². The summed E-state index contributed by atoms with van der Waals surface area (Å²) in [4.78, 5) is 10.6. The standard InChI is InChI=1S/C13H16N4O2S/c1-9-3-2-4-11-12(9)13(16-8-15-11)17-6-5-10(7-17)20(14,18)19/h2-4,8,10H,5-7H2,1H3,(H2,14,18,19). The highest BCUT2D eigenvalue weighted by Gasteiger charge is 2.32. The number of anilines is 1. The summed E-state index contributed by atoms with van der Waals surface area (Å²) in [7, 11) is -3.49. The van der Waals surface area contributed by atoms with Crippen molar-refractivity contribution < 1.29 is 8.42 Å². The molecule has 7 heteroatoms. The fourth-order valence-electron chi connectivity index (χ4n) is 2.69. The van der Waals surface area contributed by atoms with Crippen LogP contribution in [0.2, 0.25) is 0 Å². The zero-order valence-corrected chi connectivity index (χ0v) is 12.0. The third kappa shape index (κ3) is 2.23. The molecule has 6 nitrogen and oxygen atoms in total. The van der Waals surface area contributed by atoms with Gasteiger partial charge in [0, 0.05) is 18.5 Å². The first-order valence-corrected chi connectivity index (χ1v) is 8.04. The van der Waals surface area contributed by atoms with Crippen LogP contribution in [0.15, 0.2) is 24.5 Å². The lowest BCUT2D eigenvalue weighted by atomic mass is 10.1. The molecule has 1 unspecified atom stereocenters. The van der Waals surface area contributed by atoms with E-state index in [1.807, 2.05) is 30.0 Å². The second-order valence-corrected chi connectivity index (χ2v) is 6.96. The van der Waals surface area contributed by atoms with Crippen molar-refractivity contribution >= 4 is 26.7 Å². The Balaban J connectivity index is 2.04. The van der Waals surface area contributed by atoms with Crippen molar-refractivity contribution in [2.45, 2.75) is 18.6 Å². The van der Waals surface area contributed by atoms with Crippen LogP contribution in [0.4, 0.5) is 5.82 Å². The summed E-state index contributed by atoms with van der Waals surface area (Å²) >= 11 is 0. The van der Waals surface area contributed by atoms with Gasteiger partial charge in [0.05, 0.1) is 10.8 Å². The zero-order valence-electron chi connectivity index (χ0n) is 11.2. The Hall–Kier alpha value is -1.73. The first-order valence-electron chi connectivity index (χ1n) is 6.43. The highest BCUT2D eigenvalue weighted by atomic mass is 32.2. The Morgan fingerprint density at radius 3 is 2.85 bits per heavy atom. The topological polar surface area (TPSA) is 89.2 Å². The van der Waals surface area contributed by atoms with Crippen molar-refractivity contribution in [1.82, 2.24) is 9.97 Å². The molecule has 2 aromatic rings. The summed E-state index contributed by atoms with van der Waals surface area (Å²) in [6, 6.07) is 5.88. The molecule has 1 saturated heterocycles. The highest BCUT2D eigenvalue weighted by Crippen LogP contribution is 2.29. The van der Waals surface area contributed by atoms with E-state index in [0.29, 0.717) is 19.5 Å². The van der Waals surface area contributed by atoms with E-state index in [4.69, 9.17) is 5.14 Å². The molecule has 1 fully saturated rings. The van der Waals surface area contributed by atoms with Crippen LogP contribution in [0.1, 0.15) is 12.0 Å². The van der Waals surface area contributed by atoms with Crippen LogP contribution in [0.25, 0.3) is 10.9 Å². The number of rotatable bonds is 2. The Labute approximate surface area is 117 Å². The van der Waals surface area contributed by atoms with Crippen LogP contribution in [-0.2, 0) is 10.0 Å². The zero-order chi connectivity index (χ0) is 14.3. The normalized spacial score (nSPS) is 19.7. The molecule has 0 radical (unpaired) electrons. The summed E-state index contributed by atoms with van der Waals surface area (Å²) in [6.45, 7) is 3.03. The molecular weight excluding hydrogens is 276 g/mol. The van der Waals surface area contributed by atoms with Gasteiger partial charge >= 0.3 is 0 Å². The minimum absolute atomic E-state index is 0.388. The third-order valence-electron chi connectivity index (χ3n) is 3.76. The number of nitrogens with two attached hydrogens (primary N) is 1. The quantitative estimate of drug-likeness (QED) is 0.884. The number of nitrogens with zero attached hydrogens (tertiary/aromatic N) is 3. The van der Waals surface area contributed by atoms with Crippen LogP contribution >= 0.6 is 0 Å². The predicted molar refractivity (Wildman–Crippen MR) is 78.0 cm³/mol. The molecule has 0 amide bonds. The Bertz CT molecular complexity index is 755. The van der Waals surface area contributed by atoms with E-state index in [1.54, 1.807) is 0 Å². The van der Waals surface area contributed by atoms with Gasteiger partial charge in [-0.3, -0.25) is 0 Å². The minimum atomic E-state index is -3.49. The first-order chi connectivity index (χ1) is 9.47. The summed E-state index contributed by atoms with van der Waals surface area (Å²) in [5.74, 6) is 0.791. The van der Waals surface area contributed by atoms with E-state index in [2.05, 4.69) is 9.97 Å². The largest absolute Gasteiger partial charge is 0.355 e. The summed E-state index contributed by atoms with van der Waals surface area (Å²) in [6.07, 6.45) is 2.05. The van der Waals surface area contributed by atoms with Gasteiger partial charge in [0.25, 0.3) is 0 Å². The number of aromatic nitrogens is 2.